The van der Waals surface area contributed by atoms with Gasteiger partial charge in [-0.15, -0.1) is 10.2 Å². The highest BCUT2D eigenvalue weighted by Crippen LogP contribution is 2.17. The Morgan fingerprint density at radius 3 is 2.91 bits per heavy atom. The van der Waals surface area contributed by atoms with E-state index in [1.807, 2.05) is 38.1 Å². The molecule has 0 spiro atoms. The van der Waals surface area contributed by atoms with Gasteiger partial charge in [0.15, 0.2) is 5.82 Å². The number of amides is 1. The van der Waals surface area contributed by atoms with Gasteiger partial charge in [0.25, 0.3) is 5.91 Å². The van der Waals surface area contributed by atoms with Crippen molar-refractivity contribution in [1.82, 2.24) is 30.9 Å². The first kappa shape index (κ1) is 15.1. The van der Waals surface area contributed by atoms with E-state index in [1.165, 1.54) is 0 Å². The summed E-state index contributed by atoms with van der Waals surface area (Å²) < 4.78 is 0. The zero-order chi connectivity index (χ0) is 16.2. The van der Waals surface area contributed by atoms with Gasteiger partial charge in [-0.05, 0) is 37.6 Å². The zero-order valence-corrected chi connectivity index (χ0v) is 13.1. The number of aromatic amines is 1. The van der Waals surface area contributed by atoms with Crippen molar-refractivity contribution in [2.75, 3.05) is 0 Å². The molecule has 2 aromatic heterocycles. The topological polar surface area (TPSA) is 96.5 Å². The molecule has 0 aliphatic carbocycles. The first-order valence-electron chi connectivity index (χ1n) is 7.59. The first-order chi connectivity index (χ1) is 11.2. The monoisotopic (exact) mass is 310 g/mol. The number of aryl methyl sites for hydroxylation is 1. The number of tetrazole rings is 1. The van der Waals surface area contributed by atoms with Crippen LogP contribution in [0.3, 0.4) is 0 Å². The van der Waals surface area contributed by atoms with Crippen LogP contribution in [0.2, 0.25) is 0 Å². The molecular weight excluding hydrogens is 292 g/mol. The summed E-state index contributed by atoms with van der Waals surface area (Å²) in [5, 5.41) is 17.8. The molecule has 118 valence electrons. The number of aromatic nitrogens is 5. The number of fused-ring (bicyclic) bond motifs is 1. The molecule has 1 aromatic carbocycles. The number of carbonyl (C=O) groups excluding carboxylic acids is 1. The van der Waals surface area contributed by atoms with Crippen LogP contribution in [0.25, 0.3) is 10.9 Å². The molecule has 0 bridgehead atoms. The van der Waals surface area contributed by atoms with Crippen molar-refractivity contribution >= 4 is 16.8 Å². The van der Waals surface area contributed by atoms with Crippen molar-refractivity contribution in [2.24, 2.45) is 0 Å². The second-order valence-electron chi connectivity index (χ2n) is 5.44. The van der Waals surface area contributed by atoms with Crippen LogP contribution < -0.4 is 5.32 Å². The fraction of sp³-hybridized carbons (Fsp3) is 0.312. The van der Waals surface area contributed by atoms with Crippen LogP contribution in [-0.2, 0) is 0 Å². The Labute approximate surface area is 133 Å². The average Bonchev–Trinajstić information content (AvgIpc) is 3.08. The van der Waals surface area contributed by atoms with Gasteiger partial charge in [0, 0.05) is 16.6 Å². The lowest BCUT2D eigenvalue weighted by molar-refractivity contribution is 0.0932. The van der Waals surface area contributed by atoms with Crippen molar-refractivity contribution in [3.63, 3.8) is 0 Å². The Morgan fingerprint density at radius 1 is 1.30 bits per heavy atom. The number of nitrogens with one attached hydrogen (secondary N) is 2. The van der Waals surface area contributed by atoms with Crippen molar-refractivity contribution in [1.29, 1.82) is 0 Å². The van der Waals surface area contributed by atoms with Gasteiger partial charge >= 0.3 is 0 Å². The summed E-state index contributed by atoms with van der Waals surface area (Å²) in [4.78, 5) is 17.0. The first-order valence-corrected chi connectivity index (χ1v) is 7.59. The summed E-state index contributed by atoms with van der Waals surface area (Å²) in [5.41, 5.74) is 2.42. The number of pyridine rings is 1. The second-order valence-corrected chi connectivity index (χ2v) is 5.44. The van der Waals surface area contributed by atoms with E-state index in [1.54, 1.807) is 6.07 Å². The van der Waals surface area contributed by atoms with Gasteiger partial charge in [-0.3, -0.25) is 9.78 Å². The maximum Gasteiger partial charge on any atom is 0.251 e. The van der Waals surface area contributed by atoms with Crippen LogP contribution in [-0.4, -0.2) is 31.5 Å². The Morgan fingerprint density at radius 2 is 2.17 bits per heavy atom. The van der Waals surface area contributed by atoms with E-state index in [0.717, 1.165) is 29.4 Å². The number of hydrogen-bond donors (Lipinski definition) is 2. The lowest BCUT2D eigenvalue weighted by atomic mass is 10.1. The lowest BCUT2D eigenvalue weighted by Crippen LogP contribution is -2.29. The molecule has 2 N–H and O–H groups in total. The standard InChI is InChI=1S/C16H18N6O/c1-3-4-14(15-19-21-22-20-15)18-16(23)12-7-8-13-11(9-12)6-5-10(2)17-13/h5-9,14H,3-4H2,1-2H3,(H,18,23)(H,19,20,21,22)/t14-/m0/s1. The second kappa shape index (κ2) is 6.51. The SMILES string of the molecule is CCC[C@H](NC(=O)c1ccc2nc(C)ccc2c1)c1nn[nH]n1. The van der Waals surface area contributed by atoms with E-state index in [2.05, 4.69) is 30.9 Å². The summed E-state index contributed by atoms with van der Waals surface area (Å²) in [6, 6.07) is 9.14. The van der Waals surface area contributed by atoms with Gasteiger partial charge in [0.1, 0.15) is 0 Å². The summed E-state index contributed by atoms with van der Waals surface area (Å²) in [7, 11) is 0. The Hall–Kier alpha value is -2.83. The van der Waals surface area contributed by atoms with Crippen LogP contribution in [0, 0.1) is 6.92 Å². The van der Waals surface area contributed by atoms with E-state index in [9.17, 15) is 4.79 Å². The molecule has 0 saturated carbocycles. The molecule has 7 nitrogen and oxygen atoms in total. The predicted octanol–water partition coefficient (Wildman–Crippen LogP) is 2.33. The summed E-state index contributed by atoms with van der Waals surface area (Å²) >= 11 is 0. The van der Waals surface area contributed by atoms with E-state index in [-0.39, 0.29) is 11.9 Å². The minimum absolute atomic E-state index is 0.157. The molecular formula is C16H18N6O. The maximum atomic E-state index is 12.5. The van der Waals surface area contributed by atoms with Gasteiger partial charge < -0.3 is 5.32 Å². The molecule has 3 rings (SSSR count). The molecule has 0 saturated heterocycles. The molecule has 0 radical (unpaired) electrons. The van der Waals surface area contributed by atoms with Gasteiger partial charge in [0.05, 0.1) is 11.6 Å². The van der Waals surface area contributed by atoms with Gasteiger partial charge in [0.2, 0.25) is 0 Å². The minimum Gasteiger partial charge on any atom is -0.342 e. The molecule has 0 unspecified atom stereocenters. The molecule has 23 heavy (non-hydrogen) atoms. The van der Waals surface area contributed by atoms with Crippen molar-refractivity contribution in [2.45, 2.75) is 32.7 Å². The summed E-state index contributed by atoms with van der Waals surface area (Å²) in [6.45, 7) is 3.99. The molecule has 1 atom stereocenters. The highest BCUT2D eigenvalue weighted by Gasteiger charge is 2.19. The highest BCUT2D eigenvalue weighted by atomic mass is 16.1. The Balaban J connectivity index is 1.83. The van der Waals surface area contributed by atoms with Crippen molar-refractivity contribution in [3.05, 3.63) is 47.4 Å². The van der Waals surface area contributed by atoms with E-state index in [0.29, 0.717) is 11.4 Å². The maximum absolute atomic E-state index is 12.5. The largest absolute Gasteiger partial charge is 0.342 e. The lowest BCUT2D eigenvalue weighted by Gasteiger charge is -2.14. The molecule has 0 fully saturated rings. The number of rotatable bonds is 5. The Kier molecular flexibility index (Phi) is 4.27. The molecule has 2 heterocycles. The normalized spacial score (nSPS) is 12.3. The van der Waals surface area contributed by atoms with E-state index in [4.69, 9.17) is 0 Å². The number of benzene rings is 1. The zero-order valence-electron chi connectivity index (χ0n) is 13.1. The fourth-order valence-electron chi connectivity index (χ4n) is 2.48. The molecule has 1 amide bonds. The molecule has 0 aliphatic heterocycles. The smallest absolute Gasteiger partial charge is 0.251 e. The minimum atomic E-state index is -0.252. The third kappa shape index (κ3) is 3.33. The number of nitrogens with zero attached hydrogens (tertiary/aromatic N) is 4. The number of hydrogen-bond acceptors (Lipinski definition) is 5. The third-order valence-electron chi connectivity index (χ3n) is 3.65. The van der Waals surface area contributed by atoms with Gasteiger partial charge in [-0.25, -0.2) is 0 Å². The third-order valence-corrected chi connectivity index (χ3v) is 3.65. The molecule has 3 aromatic rings. The highest BCUT2D eigenvalue weighted by molar-refractivity contribution is 5.98. The summed E-state index contributed by atoms with van der Waals surface area (Å²) in [5.74, 6) is 0.342. The van der Waals surface area contributed by atoms with Crippen molar-refractivity contribution in [3.8, 4) is 0 Å². The van der Waals surface area contributed by atoms with Crippen LogP contribution in [0.5, 0.6) is 0 Å². The van der Waals surface area contributed by atoms with E-state index < -0.39 is 0 Å². The average molecular weight is 310 g/mol. The molecule has 7 heteroatoms. The van der Waals surface area contributed by atoms with Gasteiger partial charge in [-0.1, -0.05) is 24.6 Å². The van der Waals surface area contributed by atoms with Crippen LogP contribution in [0.4, 0.5) is 0 Å². The quantitative estimate of drug-likeness (QED) is 0.754. The van der Waals surface area contributed by atoms with Crippen LogP contribution >= 0.6 is 0 Å². The van der Waals surface area contributed by atoms with Crippen LogP contribution in [0.1, 0.15) is 47.7 Å². The summed E-state index contributed by atoms with van der Waals surface area (Å²) in [6.07, 6.45) is 1.65. The van der Waals surface area contributed by atoms with Crippen molar-refractivity contribution < 1.29 is 4.79 Å². The number of H-pyrrole nitrogens is 1. The van der Waals surface area contributed by atoms with Gasteiger partial charge in [-0.2, -0.15) is 5.21 Å². The Bertz CT molecular complexity index is 815. The number of carbonyl (C=O) groups is 1. The van der Waals surface area contributed by atoms with Crippen LogP contribution in [0.15, 0.2) is 30.3 Å². The predicted molar refractivity (Wildman–Crippen MR) is 85.8 cm³/mol. The van der Waals surface area contributed by atoms with E-state index >= 15 is 0 Å². The molecule has 0 aliphatic rings. The fourth-order valence-corrected chi connectivity index (χ4v) is 2.48.